The van der Waals surface area contributed by atoms with Gasteiger partial charge in [-0.05, 0) is 42.7 Å². The number of benzene rings is 1. The van der Waals surface area contributed by atoms with Crippen LogP contribution in [0.3, 0.4) is 0 Å². The summed E-state index contributed by atoms with van der Waals surface area (Å²) < 4.78 is 10.7. The highest BCUT2D eigenvalue weighted by atomic mass is 16.5. The van der Waals surface area contributed by atoms with Crippen molar-refractivity contribution in [2.75, 3.05) is 26.9 Å². The standard InChI is InChI=1S/C23H26N2O5/c1-3-14-30-18-7-5-16(6-8-18)20-19(21(26)17-9-11-24-12-10-17)22(27)23(28)25(20)13-4-15-29-2/h5-12,20,26H,3-4,13-15H2,1-2H3/b21-19-. The lowest BCUT2D eigenvalue weighted by atomic mass is 9.95. The van der Waals surface area contributed by atoms with Crippen LogP contribution < -0.4 is 4.74 Å². The molecule has 0 bridgehead atoms. The maximum atomic E-state index is 12.9. The van der Waals surface area contributed by atoms with Crippen molar-refractivity contribution in [3.8, 4) is 5.75 Å². The summed E-state index contributed by atoms with van der Waals surface area (Å²) in [5.41, 5.74) is 1.24. The predicted octanol–water partition coefficient (Wildman–Crippen LogP) is 3.33. The zero-order chi connectivity index (χ0) is 21.5. The number of ether oxygens (including phenoxy) is 2. The van der Waals surface area contributed by atoms with E-state index in [0.29, 0.717) is 37.5 Å². The van der Waals surface area contributed by atoms with Gasteiger partial charge in [-0.25, -0.2) is 0 Å². The second kappa shape index (κ2) is 10.0. The van der Waals surface area contributed by atoms with Gasteiger partial charge in [-0.3, -0.25) is 14.6 Å². The molecule has 7 nitrogen and oxygen atoms in total. The van der Waals surface area contributed by atoms with E-state index < -0.39 is 17.7 Å². The van der Waals surface area contributed by atoms with Crippen LogP contribution in [0, 0.1) is 0 Å². The number of ketones is 1. The van der Waals surface area contributed by atoms with Crippen LogP contribution in [0.2, 0.25) is 0 Å². The van der Waals surface area contributed by atoms with Gasteiger partial charge in [0, 0.05) is 38.2 Å². The summed E-state index contributed by atoms with van der Waals surface area (Å²) in [4.78, 5) is 31.1. The highest BCUT2D eigenvalue weighted by molar-refractivity contribution is 6.46. The summed E-state index contributed by atoms with van der Waals surface area (Å²) in [5.74, 6) is -0.816. The Balaban J connectivity index is 2.03. The number of nitrogens with zero attached hydrogens (tertiary/aromatic N) is 2. The van der Waals surface area contributed by atoms with Crippen molar-refractivity contribution < 1.29 is 24.2 Å². The van der Waals surface area contributed by atoms with Crippen molar-refractivity contribution in [3.63, 3.8) is 0 Å². The van der Waals surface area contributed by atoms with Crippen LogP contribution in [0.15, 0.2) is 54.4 Å². The number of likely N-dealkylation sites (tertiary alicyclic amines) is 1. The summed E-state index contributed by atoms with van der Waals surface area (Å²) >= 11 is 0. The van der Waals surface area contributed by atoms with Gasteiger partial charge < -0.3 is 19.5 Å². The molecule has 7 heteroatoms. The first-order chi connectivity index (χ1) is 14.6. The van der Waals surface area contributed by atoms with Crippen molar-refractivity contribution in [2.24, 2.45) is 0 Å². The summed E-state index contributed by atoms with van der Waals surface area (Å²) in [5, 5.41) is 10.9. The summed E-state index contributed by atoms with van der Waals surface area (Å²) in [6, 6.07) is 9.79. The molecule has 1 saturated heterocycles. The van der Waals surface area contributed by atoms with E-state index in [1.165, 1.54) is 17.3 Å². The SMILES string of the molecule is CCCOc1ccc(C2/C(=C(/O)c3ccncc3)C(=O)C(=O)N2CCCOC)cc1. The Morgan fingerprint density at radius 3 is 2.43 bits per heavy atom. The number of hydrogen-bond acceptors (Lipinski definition) is 6. The van der Waals surface area contributed by atoms with E-state index in [4.69, 9.17) is 9.47 Å². The molecule has 0 saturated carbocycles. The predicted molar refractivity (Wildman–Crippen MR) is 112 cm³/mol. The molecule has 1 unspecified atom stereocenters. The first-order valence-electron chi connectivity index (χ1n) is 9.99. The van der Waals surface area contributed by atoms with Crippen molar-refractivity contribution in [2.45, 2.75) is 25.8 Å². The van der Waals surface area contributed by atoms with Crippen LogP contribution in [-0.4, -0.2) is 53.5 Å². The molecule has 1 atom stereocenters. The Kier molecular flexibility index (Phi) is 7.19. The Hall–Kier alpha value is -3.19. The molecule has 1 aromatic carbocycles. The molecule has 1 N–H and O–H groups in total. The third-order valence-corrected chi connectivity index (χ3v) is 4.91. The highest BCUT2D eigenvalue weighted by Gasteiger charge is 2.45. The number of aliphatic hydroxyl groups excluding tert-OH is 1. The maximum absolute atomic E-state index is 12.9. The number of hydrogen-bond donors (Lipinski definition) is 1. The number of methoxy groups -OCH3 is 1. The Bertz CT molecular complexity index is 909. The molecule has 2 heterocycles. The summed E-state index contributed by atoms with van der Waals surface area (Å²) in [6.45, 7) is 3.44. The van der Waals surface area contributed by atoms with Crippen molar-refractivity contribution in [1.82, 2.24) is 9.88 Å². The molecule has 3 rings (SSSR count). The van der Waals surface area contributed by atoms with E-state index >= 15 is 0 Å². The third kappa shape index (κ3) is 4.52. The molecule has 30 heavy (non-hydrogen) atoms. The molecule has 1 aliphatic rings. The van der Waals surface area contributed by atoms with E-state index in [1.54, 1.807) is 19.2 Å². The second-order valence-corrected chi connectivity index (χ2v) is 6.99. The number of pyridine rings is 1. The van der Waals surface area contributed by atoms with Gasteiger partial charge in [0.15, 0.2) is 0 Å². The topological polar surface area (TPSA) is 89.0 Å². The number of aromatic nitrogens is 1. The van der Waals surface area contributed by atoms with Gasteiger partial charge in [-0.2, -0.15) is 0 Å². The number of aliphatic hydroxyl groups is 1. The van der Waals surface area contributed by atoms with Crippen LogP contribution in [0.1, 0.15) is 36.9 Å². The van der Waals surface area contributed by atoms with E-state index in [-0.39, 0.29) is 11.3 Å². The maximum Gasteiger partial charge on any atom is 0.295 e. The highest BCUT2D eigenvalue weighted by Crippen LogP contribution is 2.39. The zero-order valence-corrected chi connectivity index (χ0v) is 17.2. The van der Waals surface area contributed by atoms with E-state index in [1.807, 2.05) is 31.2 Å². The van der Waals surface area contributed by atoms with Gasteiger partial charge >= 0.3 is 0 Å². The molecule has 0 aliphatic carbocycles. The lowest BCUT2D eigenvalue weighted by molar-refractivity contribution is -0.140. The van der Waals surface area contributed by atoms with E-state index in [2.05, 4.69) is 4.98 Å². The van der Waals surface area contributed by atoms with Crippen LogP contribution in [0.5, 0.6) is 5.75 Å². The van der Waals surface area contributed by atoms with Gasteiger partial charge in [0.1, 0.15) is 11.5 Å². The van der Waals surface area contributed by atoms with Gasteiger partial charge in [0.2, 0.25) is 0 Å². The molecule has 1 amide bonds. The molecule has 0 spiro atoms. The average molecular weight is 410 g/mol. The number of carbonyl (C=O) groups excluding carboxylic acids is 2. The molecule has 0 radical (unpaired) electrons. The van der Waals surface area contributed by atoms with Crippen LogP contribution in [-0.2, 0) is 14.3 Å². The number of rotatable bonds is 9. The van der Waals surface area contributed by atoms with Crippen LogP contribution in [0.4, 0.5) is 0 Å². The molecule has 2 aromatic rings. The molecule has 158 valence electrons. The van der Waals surface area contributed by atoms with Gasteiger partial charge in [-0.1, -0.05) is 19.1 Å². The molecule has 1 aliphatic heterocycles. The molecular formula is C23H26N2O5. The van der Waals surface area contributed by atoms with Gasteiger partial charge in [0.25, 0.3) is 11.7 Å². The van der Waals surface area contributed by atoms with Crippen LogP contribution in [0.25, 0.3) is 5.76 Å². The first-order valence-corrected chi connectivity index (χ1v) is 9.99. The number of Topliss-reactive ketones (excluding diaryl/α,β-unsaturated/α-hetero) is 1. The van der Waals surface area contributed by atoms with Crippen molar-refractivity contribution in [1.29, 1.82) is 0 Å². The fourth-order valence-electron chi connectivity index (χ4n) is 3.47. The minimum absolute atomic E-state index is 0.0749. The van der Waals surface area contributed by atoms with Crippen LogP contribution >= 0.6 is 0 Å². The fourth-order valence-corrected chi connectivity index (χ4v) is 3.47. The lowest BCUT2D eigenvalue weighted by Crippen LogP contribution is -2.31. The minimum atomic E-state index is -0.696. The minimum Gasteiger partial charge on any atom is -0.507 e. The number of amides is 1. The van der Waals surface area contributed by atoms with Gasteiger partial charge in [-0.15, -0.1) is 0 Å². The second-order valence-electron chi connectivity index (χ2n) is 6.99. The first kappa shape index (κ1) is 21.5. The molecule has 1 aromatic heterocycles. The van der Waals surface area contributed by atoms with E-state index in [0.717, 1.165) is 12.0 Å². The summed E-state index contributed by atoms with van der Waals surface area (Å²) in [7, 11) is 1.59. The normalized spacial score (nSPS) is 18.1. The Labute approximate surface area is 175 Å². The summed E-state index contributed by atoms with van der Waals surface area (Å²) in [6.07, 6.45) is 4.53. The fraction of sp³-hybridized carbons (Fsp3) is 0.348. The Morgan fingerprint density at radius 2 is 1.80 bits per heavy atom. The lowest BCUT2D eigenvalue weighted by Gasteiger charge is -2.25. The van der Waals surface area contributed by atoms with Crippen molar-refractivity contribution in [3.05, 3.63) is 65.5 Å². The van der Waals surface area contributed by atoms with Crippen molar-refractivity contribution >= 4 is 17.4 Å². The quantitative estimate of drug-likeness (QED) is 0.295. The smallest absolute Gasteiger partial charge is 0.295 e. The van der Waals surface area contributed by atoms with Gasteiger partial charge in [0.05, 0.1) is 18.2 Å². The molecule has 1 fully saturated rings. The molecular weight excluding hydrogens is 384 g/mol. The third-order valence-electron chi connectivity index (χ3n) is 4.91. The van der Waals surface area contributed by atoms with E-state index in [9.17, 15) is 14.7 Å². The Morgan fingerprint density at radius 1 is 1.10 bits per heavy atom. The number of carbonyl (C=O) groups is 2. The largest absolute Gasteiger partial charge is 0.507 e. The zero-order valence-electron chi connectivity index (χ0n) is 17.2. The monoisotopic (exact) mass is 410 g/mol. The average Bonchev–Trinajstić information content (AvgIpc) is 3.03.